The van der Waals surface area contributed by atoms with Gasteiger partial charge in [0.1, 0.15) is 5.82 Å². The number of hydrogen-bond donors (Lipinski definition) is 0. The van der Waals surface area contributed by atoms with Crippen LogP contribution in [0.3, 0.4) is 0 Å². The number of ether oxygens (including phenoxy) is 1. The van der Waals surface area contributed by atoms with Crippen LogP contribution in [0, 0.1) is 13.8 Å². The molecule has 0 saturated heterocycles. The van der Waals surface area contributed by atoms with Crippen LogP contribution in [0.25, 0.3) is 5.69 Å². The molecular weight excluding hydrogens is 298 g/mol. The van der Waals surface area contributed by atoms with Crippen LogP contribution in [-0.4, -0.2) is 33.1 Å². The van der Waals surface area contributed by atoms with Crippen molar-refractivity contribution in [3.63, 3.8) is 0 Å². The smallest absolute Gasteiger partial charge is 0.305 e. The minimum absolute atomic E-state index is 0.139. The van der Waals surface area contributed by atoms with Crippen LogP contribution in [-0.2, 0) is 9.53 Å². The summed E-state index contributed by atoms with van der Waals surface area (Å²) in [5.41, 5.74) is 2.27. The Balaban J connectivity index is 2.02. The SMILES string of the molecule is CCOC(=O)CCCSc1nnc(C)n1-c1ccccc1C. The molecule has 0 spiro atoms. The van der Waals surface area contributed by atoms with E-state index in [0.29, 0.717) is 13.0 Å². The first kappa shape index (κ1) is 16.5. The largest absolute Gasteiger partial charge is 0.466 e. The van der Waals surface area contributed by atoms with Crippen LogP contribution >= 0.6 is 11.8 Å². The standard InChI is InChI=1S/C16H21N3O2S/c1-4-21-15(20)10-7-11-22-16-18-17-13(3)19(16)14-9-6-5-8-12(14)2/h5-6,8-9H,4,7,10-11H2,1-3H3. The van der Waals surface area contributed by atoms with Crippen LogP contribution in [0.2, 0.25) is 0 Å². The fourth-order valence-corrected chi connectivity index (χ4v) is 3.07. The number of hydrogen-bond acceptors (Lipinski definition) is 5. The molecule has 0 saturated carbocycles. The summed E-state index contributed by atoms with van der Waals surface area (Å²) < 4.78 is 6.99. The van der Waals surface area contributed by atoms with Crippen LogP contribution < -0.4 is 0 Å². The van der Waals surface area contributed by atoms with Gasteiger partial charge in [-0.3, -0.25) is 9.36 Å². The Bertz CT molecular complexity index is 640. The van der Waals surface area contributed by atoms with Gasteiger partial charge in [-0.2, -0.15) is 0 Å². The summed E-state index contributed by atoms with van der Waals surface area (Å²) in [6.45, 7) is 6.28. The van der Waals surface area contributed by atoms with E-state index in [1.165, 1.54) is 5.56 Å². The van der Waals surface area contributed by atoms with Gasteiger partial charge >= 0.3 is 5.97 Å². The Labute approximate surface area is 135 Å². The molecule has 0 fully saturated rings. The highest BCUT2D eigenvalue weighted by Crippen LogP contribution is 2.24. The van der Waals surface area contributed by atoms with Crippen molar-refractivity contribution < 1.29 is 9.53 Å². The summed E-state index contributed by atoms with van der Waals surface area (Å²) in [4.78, 5) is 11.3. The predicted octanol–water partition coefficient (Wildman–Crippen LogP) is 3.32. The maximum Gasteiger partial charge on any atom is 0.305 e. The van der Waals surface area contributed by atoms with E-state index >= 15 is 0 Å². The van der Waals surface area contributed by atoms with E-state index in [-0.39, 0.29) is 5.97 Å². The van der Waals surface area contributed by atoms with Gasteiger partial charge in [-0.25, -0.2) is 0 Å². The third kappa shape index (κ3) is 4.10. The van der Waals surface area contributed by atoms with Gasteiger partial charge in [0.2, 0.25) is 0 Å². The highest BCUT2D eigenvalue weighted by atomic mass is 32.2. The summed E-state index contributed by atoms with van der Waals surface area (Å²) in [5.74, 6) is 1.53. The molecule has 0 bridgehead atoms. The number of nitrogens with zero attached hydrogens (tertiary/aromatic N) is 3. The van der Waals surface area contributed by atoms with Crippen LogP contribution in [0.15, 0.2) is 29.4 Å². The molecule has 22 heavy (non-hydrogen) atoms. The molecule has 5 nitrogen and oxygen atoms in total. The minimum Gasteiger partial charge on any atom is -0.466 e. The highest BCUT2D eigenvalue weighted by molar-refractivity contribution is 7.99. The summed E-state index contributed by atoms with van der Waals surface area (Å²) in [7, 11) is 0. The number of aryl methyl sites for hydroxylation is 2. The van der Waals surface area contributed by atoms with Crippen LogP contribution in [0.5, 0.6) is 0 Å². The van der Waals surface area contributed by atoms with E-state index in [1.54, 1.807) is 11.8 Å². The molecule has 118 valence electrons. The highest BCUT2D eigenvalue weighted by Gasteiger charge is 2.13. The number of carbonyl (C=O) groups is 1. The molecule has 0 atom stereocenters. The van der Waals surface area contributed by atoms with E-state index in [4.69, 9.17) is 4.74 Å². The molecule has 2 aromatic rings. The fourth-order valence-electron chi connectivity index (χ4n) is 2.14. The molecule has 0 amide bonds. The van der Waals surface area contributed by atoms with E-state index in [2.05, 4.69) is 33.8 Å². The zero-order chi connectivity index (χ0) is 15.9. The van der Waals surface area contributed by atoms with Crippen molar-refractivity contribution in [3.05, 3.63) is 35.7 Å². The first-order chi connectivity index (χ1) is 10.6. The molecule has 2 rings (SSSR count). The minimum atomic E-state index is -0.139. The first-order valence-corrected chi connectivity index (χ1v) is 8.38. The van der Waals surface area contributed by atoms with Gasteiger partial charge < -0.3 is 4.74 Å². The maximum absolute atomic E-state index is 11.3. The molecular formula is C16H21N3O2S. The van der Waals surface area contributed by atoms with Crippen LogP contribution in [0.4, 0.5) is 0 Å². The molecule has 1 aromatic heterocycles. The third-order valence-corrected chi connectivity index (χ3v) is 4.23. The van der Waals surface area contributed by atoms with Gasteiger partial charge in [0.05, 0.1) is 12.3 Å². The zero-order valence-corrected chi connectivity index (χ0v) is 14.0. The van der Waals surface area contributed by atoms with Crippen molar-refractivity contribution in [1.82, 2.24) is 14.8 Å². The number of benzene rings is 1. The second-order valence-electron chi connectivity index (χ2n) is 4.91. The topological polar surface area (TPSA) is 57.0 Å². The second-order valence-corrected chi connectivity index (χ2v) is 5.97. The summed E-state index contributed by atoms with van der Waals surface area (Å²) >= 11 is 1.61. The quantitative estimate of drug-likeness (QED) is 0.445. The van der Waals surface area contributed by atoms with Crippen LogP contribution in [0.1, 0.15) is 31.2 Å². The fraction of sp³-hybridized carbons (Fsp3) is 0.438. The van der Waals surface area contributed by atoms with Gasteiger partial charge in [0, 0.05) is 12.2 Å². The summed E-state index contributed by atoms with van der Waals surface area (Å²) in [5, 5.41) is 9.28. The molecule has 0 aliphatic heterocycles. The lowest BCUT2D eigenvalue weighted by Crippen LogP contribution is -2.04. The number of aromatic nitrogens is 3. The Morgan fingerprint density at radius 3 is 2.77 bits per heavy atom. The van der Waals surface area contributed by atoms with Crippen molar-refractivity contribution in [3.8, 4) is 5.69 Å². The predicted molar refractivity (Wildman–Crippen MR) is 87.4 cm³/mol. The lowest BCUT2D eigenvalue weighted by Gasteiger charge is -2.10. The van der Waals surface area contributed by atoms with Gasteiger partial charge in [0.25, 0.3) is 0 Å². The van der Waals surface area contributed by atoms with Gasteiger partial charge in [-0.1, -0.05) is 30.0 Å². The first-order valence-electron chi connectivity index (χ1n) is 7.40. The van der Waals surface area contributed by atoms with E-state index in [0.717, 1.165) is 28.8 Å². The van der Waals surface area contributed by atoms with E-state index in [9.17, 15) is 4.79 Å². The average molecular weight is 319 g/mol. The molecule has 1 heterocycles. The van der Waals surface area contributed by atoms with Crippen molar-refractivity contribution in [2.24, 2.45) is 0 Å². The molecule has 0 aliphatic carbocycles. The average Bonchev–Trinajstić information content (AvgIpc) is 2.85. The summed E-state index contributed by atoms with van der Waals surface area (Å²) in [6, 6.07) is 8.17. The lowest BCUT2D eigenvalue weighted by molar-refractivity contribution is -0.143. The molecule has 0 unspecified atom stereocenters. The Morgan fingerprint density at radius 1 is 1.27 bits per heavy atom. The molecule has 0 N–H and O–H groups in total. The second kappa shape index (κ2) is 7.98. The van der Waals surface area contributed by atoms with E-state index in [1.807, 2.05) is 26.0 Å². The maximum atomic E-state index is 11.3. The van der Waals surface area contributed by atoms with Gasteiger partial charge in [0.15, 0.2) is 5.16 Å². The normalized spacial score (nSPS) is 10.7. The Kier molecular flexibility index (Phi) is 6.00. The van der Waals surface area contributed by atoms with Crippen molar-refractivity contribution >= 4 is 17.7 Å². The number of thioether (sulfide) groups is 1. The Morgan fingerprint density at radius 2 is 2.05 bits per heavy atom. The molecule has 0 radical (unpaired) electrons. The van der Waals surface area contributed by atoms with Crippen molar-refractivity contribution in [1.29, 1.82) is 0 Å². The molecule has 0 aliphatic rings. The van der Waals surface area contributed by atoms with Crippen molar-refractivity contribution in [2.75, 3.05) is 12.4 Å². The Hall–Kier alpha value is -1.82. The number of esters is 1. The lowest BCUT2D eigenvalue weighted by atomic mass is 10.2. The van der Waals surface area contributed by atoms with Gasteiger partial charge in [-0.15, -0.1) is 10.2 Å². The molecule has 6 heteroatoms. The van der Waals surface area contributed by atoms with Gasteiger partial charge in [-0.05, 0) is 38.8 Å². The van der Waals surface area contributed by atoms with Crippen molar-refractivity contribution in [2.45, 2.75) is 38.8 Å². The number of para-hydroxylation sites is 1. The third-order valence-electron chi connectivity index (χ3n) is 3.21. The number of rotatable bonds is 7. The number of carbonyl (C=O) groups excluding carboxylic acids is 1. The molecule has 1 aromatic carbocycles. The summed E-state index contributed by atoms with van der Waals surface area (Å²) in [6.07, 6.45) is 1.21. The monoisotopic (exact) mass is 319 g/mol. The van der Waals surface area contributed by atoms with E-state index < -0.39 is 0 Å². The zero-order valence-electron chi connectivity index (χ0n) is 13.2.